The van der Waals surface area contributed by atoms with Gasteiger partial charge in [-0.25, -0.2) is 0 Å². The summed E-state index contributed by atoms with van der Waals surface area (Å²) in [6.07, 6.45) is 0.635. The van der Waals surface area contributed by atoms with Crippen LogP contribution < -0.4 is 15.5 Å². The van der Waals surface area contributed by atoms with Gasteiger partial charge in [-0.2, -0.15) is 0 Å². The Morgan fingerprint density at radius 3 is 2.09 bits per heavy atom. The lowest BCUT2D eigenvalue weighted by molar-refractivity contribution is -0.123. The van der Waals surface area contributed by atoms with Gasteiger partial charge in [-0.1, -0.05) is 54.6 Å². The number of carbonyl (C=O) groups is 3. The highest BCUT2D eigenvalue weighted by molar-refractivity contribution is 6.11. The Kier molecular flexibility index (Phi) is 7.04. The number of nitrogens with one attached hydrogen (secondary N) is 2. The van der Waals surface area contributed by atoms with Crippen LogP contribution in [0.4, 0.5) is 5.69 Å². The summed E-state index contributed by atoms with van der Waals surface area (Å²) < 4.78 is 5.16. The first-order valence-corrected chi connectivity index (χ1v) is 11.2. The molecule has 3 aromatic carbocycles. The van der Waals surface area contributed by atoms with Crippen molar-refractivity contribution < 1.29 is 19.1 Å². The molecule has 0 radical (unpaired) electrons. The summed E-state index contributed by atoms with van der Waals surface area (Å²) in [7, 11) is 1.61. The first kappa shape index (κ1) is 23.2. The van der Waals surface area contributed by atoms with Crippen molar-refractivity contribution in [2.45, 2.75) is 12.0 Å². The molecule has 7 nitrogen and oxygen atoms in total. The Labute approximate surface area is 198 Å². The summed E-state index contributed by atoms with van der Waals surface area (Å²) in [4.78, 5) is 41.6. The minimum absolute atomic E-state index is 0.0874. The van der Waals surface area contributed by atoms with E-state index < -0.39 is 11.4 Å². The fraction of sp³-hybridized carbons (Fsp3) is 0.222. The number of ether oxygens (including phenoxy) is 1. The molecule has 0 fully saturated rings. The number of anilines is 1. The largest absolute Gasteiger partial charge is 0.385 e. The third-order valence-corrected chi connectivity index (χ3v) is 5.91. The van der Waals surface area contributed by atoms with Gasteiger partial charge < -0.3 is 20.3 Å². The molecule has 0 saturated carbocycles. The normalized spacial score (nSPS) is 16.7. The smallest absolute Gasteiger partial charge is 0.259 e. The van der Waals surface area contributed by atoms with Crippen molar-refractivity contribution in [3.63, 3.8) is 0 Å². The lowest BCUT2D eigenvalue weighted by atomic mass is 9.90. The van der Waals surface area contributed by atoms with Crippen LogP contribution in [0.5, 0.6) is 0 Å². The summed E-state index contributed by atoms with van der Waals surface area (Å²) in [6, 6.07) is 24.9. The quantitative estimate of drug-likeness (QED) is 0.484. The highest BCUT2D eigenvalue weighted by Gasteiger charge is 2.52. The van der Waals surface area contributed by atoms with Gasteiger partial charge in [-0.05, 0) is 36.8 Å². The molecule has 1 heterocycles. The van der Waals surface area contributed by atoms with Gasteiger partial charge in [0.2, 0.25) is 0 Å². The van der Waals surface area contributed by atoms with E-state index in [1.54, 1.807) is 60.5 Å². The van der Waals surface area contributed by atoms with E-state index in [1.165, 1.54) is 0 Å². The fourth-order valence-electron chi connectivity index (χ4n) is 4.21. The molecule has 1 atom stereocenters. The Bertz CT molecular complexity index is 1170. The maximum atomic E-state index is 13.9. The minimum atomic E-state index is -1.44. The highest BCUT2D eigenvalue weighted by Crippen LogP contribution is 2.40. The van der Waals surface area contributed by atoms with E-state index in [1.807, 2.05) is 36.4 Å². The predicted molar refractivity (Wildman–Crippen MR) is 130 cm³/mol. The number of carbonyl (C=O) groups excluding carboxylic acids is 3. The SMILES string of the molecule is COCCCN1C(=O)C(CNC(=O)c2ccccc2)(NC(=O)c2ccccc2)c2ccccc21. The van der Waals surface area contributed by atoms with Crippen molar-refractivity contribution in [2.24, 2.45) is 0 Å². The van der Waals surface area contributed by atoms with E-state index in [9.17, 15) is 14.4 Å². The van der Waals surface area contributed by atoms with E-state index in [-0.39, 0.29) is 18.4 Å². The number of rotatable bonds is 9. The standard InChI is InChI=1S/C27H27N3O4/c1-34-18-10-17-30-23-16-9-8-15-22(23)27(26(30)33,29-25(32)21-13-6-3-7-14-21)19-28-24(31)20-11-4-2-5-12-20/h2-9,11-16H,10,17-19H2,1H3,(H,28,31)(H,29,32). The summed E-state index contributed by atoms with van der Waals surface area (Å²) in [5, 5.41) is 5.84. The zero-order chi connectivity index (χ0) is 24.0. The predicted octanol–water partition coefficient (Wildman–Crippen LogP) is 3.13. The van der Waals surface area contributed by atoms with Crippen molar-refractivity contribution >= 4 is 23.4 Å². The van der Waals surface area contributed by atoms with Crippen LogP contribution in [0.15, 0.2) is 84.9 Å². The molecule has 2 N–H and O–H groups in total. The first-order chi connectivity index (χ1) is 16.6. The number of para-hydroxylation sites is 1. The monoisotopic (exact) mass is 457 g/mol. The zero-order valence-corrected chi connectivity index (χ0v) is 19.0. The van der Waals surface area contributed by atoms with Crippen LogP contribution in [-0.2, 0) is 15.1 Å². The molecule has 3 aromatic rings. The number of fused-ring (bicyclic) bond motifs is 1. The van der Waals surface area contributed by atoms with E-state index in [4.69, 9.17) is 4.74 Å². The van der Waals surface area contributed by atoms with Gasteiger partial charge in [0.15, 0.2) is 5.54 Å². The van der Waals surface area contributed by atoms with Crippen molar-refractivity contribution in [3.8, 4) is 0 Å². The summed E-state index contributed by atoms with van der Waals surface area (Å²) >= 11 is 0. The maximum Gasteiger partial charge on any atom is 0.259 e. The van der Waals surface area contributed by atoms with Crippen LogP contribution in [0.25, 0.3) is 0 Å². The third-order valence-electron chi connectivity index (χ3n) is 5.91. The van der Waals surface area contributed by atoms with Gasteiger partial charge in [0.25, 0.3) is 17.7 Å². The molecule has 3 amide bonds. The van der Waals surface area contributed by atoms with Crippen LogP contribution in [-0.4, -0.2) is 44.5 Å². The Morgan fingerprint density at radius 2 is 1.44 bits per heavy atom. The van der Waals surface area contributed by atoms with Crippen LogP contribution in [0.3, 0.4) is 0 Å². The molecule has 0 saturated heterocycles. The Morgan fingerprint density at radius 1 is 0.853 bits per heavy atom. The Hall–Kier alpha value is -3.97. The summed E-state index contributed by atoms with van der Waals surface area (Å²) in [5.74, 6) is -1.00. The number of amides is 3. The number of nitrogens with zero attached hydrogens (tertiary/aromatic N) is 1. The first-order valence-electron chi connectivity index (χ1n) is 11.2. The van der Waals surface area contributed by atoms with E-state index >= 15 is 0 Å². The van der Waals surface area contributed by atoms with E-state index in [2.05, 4.69) is 10.6 Å². The van der Waals surface area contributed by atoms with Gasteiger partial charge >= 0.3 is 0 Å². The van der Waals surface area contributed by atoms with Crippen molar-refractivity contribution in [3.05, 3.63) is 102 Å². The molecule has 1 aliphatic heterocycles. The topological polar surface area (TPSA) is 87.7 Å². The average molecular weight is 458 g/mol. The summed E-state index contributed by atoms with van der Waals surface area (Å²) in [5.41, 5.74) is 0.823. The minimum Gasteiger partial charge on any atom is -0.385 e. The molecule has 1 aliphatic rings. The number of hydrogen-bond acceptors (Lipinski definition) is 4. The second-order valence-corrected chi connectivity index (χ2v) is 8.09. The molecular formula is C27H27N3O4. The molecule has 0 bridgehead atoms. The third kappa shape index (κ3) is 4.56. The van der Waals surface area contributed by atoms with E-state index in [0.717, 1.165) is 0 Å². The molecule has 0 aromatic heterocycles. The molecule has 0 spiro atoms. The molecule has 1 unspecified atom stereocenters. The molecule has 34 heavy (non-hydrogen) atoms. The second kappa shape index (κ2) is 10.3. The second-order valence-electron chi connectivity index (χ2n) is 8.09. The lowest BCUT2D eigenvalue weighted by Gasteiger charge is -2.30. The molecular weight excluding hydrogens is 430 g/mol. The van der Waals surface area contributed by atoms with Crippen LogP contribution in [0, 0.1) is 0 Å². The van der Waals surface area contributed by atoms with Crippen molar-refractivity contribution in [2.75, 3.05) is 31.7 Å². The number of hydrogen-bond donors (Lipinski definition) is 2. The number of methoxy groups -OCH3 is 1. The molecule has 7 heteroatoms. The number of benzene rings is 3. The summed E-state index contributed by atoms with van der Waals surface area (Å²) in [6.45, 7) is 0.843. The molecule has 174 valence electrons. The van der Waals surface area contributed by atoms with Crippen molar-refractivity contribution in [1.82, 2.24) is 10.6 Å². The maximum absolute atomic E-state index is 13.9. The van der Waals surface area contributed by atoms with Crippen LogP contribution in [0.1, 0.15) is 32.7 Å². The van der Waals surface area contributed by atoms with E-state index in [0.29, 0.717) is 42.0 Å². The molecule has 4 rings (SSSR count). The van der Waals surface area contributed by atoms with Gasteiger partial charge in [0.1, 0.15) is 0 Å². The lowest BCUT2D eigenvalue weighted by Crippen LogP contribution is -2.59. The Balaban J connectivity index is 1.70. The van der Waals surface area contributed by atoms with Crippen LogP contribution in [0.2, 0.25) is 0 Å². The highest BCUT2D eigenvalue weighted by atomic mass is 16.5. The average Bonchev–Trinajstić information content (AvgIpc) is 3.11. The zero-order valence-electron chi connectivity index (χ0n) is 19.0. The van der Waals surface area contributed by atoms with Crippen molar-refractivity contribution in [1.29, 1.82) is 0 Å². The fourth-order valence-corrected chi connectivity index (χ4v) is 4.21. The molecule has 0 aliphatic carbocycles. The van der Waals surface area contributed by atoms with Gasteiger partial charge in [-0.3, -0.25) is 14.4 Å². The van der Waals surface area contributed by atoms with Gasteiger partial charge in [-0.15, -0.1) is 0 Å². The van der Waals surface area contributed by atoms with Crippen LogP contribution >= 0.6 is 0 Å². The van der Waals surface area contributed by atoms with Gasteiger partial charge in [0.05, 0.1) is 6.54 Å². The van der Waals surface area contributed by atoms with Gasteiger partial charge in [0, 0.05) is 42.6 Å².